The molecular formula is C18H21NO3. The third kappa shape index (κ3) is 4.01. The summed E-state index contributed by atoms with van der Waals surface area (Å²) >= 11 is 0. The van der Waals surface area contributed by atoms with Crippen LogP contribution in [-0.4, -0.2) is 20.1 Å². The highest BCUT2D eigenvalue weighted by Gasteiger charge is 2.10. The fraction of sp³-hybridized carbons (Fsp3) is 0.278. The highest BCUT2D eigenvalue weighted by molar-refractivity contribution is 5.78. The number of aryl methyl sites for hydroxylation is 1. The van der Waals surface area contributed by atoms with Gasteiger partial charge in [-0.15, -0.1) is 0 Å². The Hall–Kier alpha value is -2.49. The molecule has 4 nitrogen and oxygen atoms in total. The van der Waals surface area contributed by atoms with Crippen molar-refractivity contribution in [3.05, 3.63) is 59.2 Å². The summed E-state index contributed by atoms with van der Waals surface area (Å²) < 4.78 is 10.6. The molecule has 0 heterocycles. The number of hydrogen-bond acceptors (Lipinski definition) is 3. The van der Waals surface area contributed by atoms with Gasteiger partial charge in [0.2, 0.25) is 5.91 Å². The predicted octanol–water partition coefficient (Wildman–Crippen LogP) is 2.87. The van der Waals surface area contributed by atoms with Crippen molar-refractivity contribution < 1.29 is 14.3 Å². The van der Waals surface area contributed by atoms with E-state index in [0.717, 1.165) is 16.7 Å². The first kappa shape index (κ1) is 15.9. The van der Waals surface area contributed by atoms with Gasteiger partial charge in [0.15, 0.2) is 11.5 Å². The zero-order valence-corrected chi connectivity index (χ0v) is 13.2. The molecule has 2 aromatic rings. The monoisotopic (exact) mass is 299 g/mol. The fourth-order valence-electron chi connectivity index (χ4n) is 2.25. The molecule has 2 aromatic carbocycles. The van der Waals surface area contributed by atoms with Crippen LogP contribution in [0.2, 0.25) is 0 Å². The van der Waals surface area contributed by atoms with Gasteiger partial charge < -0.3 is 14.8 Å². The minimum absolute atomic E-state index is 0.000356. The van der Waals surface area contributed by atoms with Crippen LogP contribution in [0.5, 0.6) is 11.5 Å². The molecule has 22 heavy (non-hydrogen) atoms. The molecule has 0 aliphatic carbocycles. The topological polar surface area (TPSA) is 47.6 Å². The number of carbonyl (C=O) groups is 1. The van der Waals surface area contributed by atoms with Crippen LogP contribution in [0.1, 0.15) is 16.7 Å². The number of benzene rings is 2. The smallest absolute Gasteiger partial charge is 0.224 e. The third-order valence-electron chi connectivity index (χ3n) is 3.53. The maximum atomic E-state index is 12.0. The molecule has 0 unspecified atom stereocenters. The van der Waals surface area contributed by atoms with Crippen LogP contribution in [0, 0.1) is 6.92 Å². The largest absolute Gasteiger partial charge is 0.493 e. The molecule has 0 fully saturated rings. The molecule has 1 N–H and O–H groups in total. The molecule has 116 valence electrons. The molecule has 0 aliphatic heterocycles. The number of methoxy groups -OCH3 is 2. The molecule has 0 bridgehead atoms. The van der Waals surface area contributed by atoms with Gasteiger partial charge in [-0.25, -0.2) is 0 Å². The highest BCUT2D eigenvalue weighted by atomic mass is 16.5. The Balaban J connectivity index is 2.00. The third-order valence-corrected chi connectivity index (χ3v) is 3.53. The standard InChI is InChI=1S/C18H21NO3/c1-13-9-16(21-2)17(22-3)11-15(13)12-19-18(20)10-14-7-5-4-6-8-14/h4-9,11H,10,12H2,1-3H3,(H,19,20). The second-order valence-corrected chi connectivity index (χ2v) is 5.07. The summed E-state index contributed by atoms with van der Waals surface area (Å²) in [6.45, 7) is 2.46. The molecule has 0 saturated heterocycles. The molecule has 0 saturated carbocycles. The van der Waals surface area contributed by atoms with E-state index in [1.54, 1.807) is 14.2 Å². The minimum atomic E-state index is 0.000356. The van der Waals surface area contributed by atoms with Gasteiger partial charge in [0.1, 0.15) is 0 Å². The lowest BCUT2D eigenvalue weighted by Crippen LogP contribution is -2.24. The van der Waals surface area contributed by atoms with E-state index >= 15 is 0 Å². The molecule has 0 spiro atoms. The molecular weight excluding hydrogens is 278 g/mol. The van der Waals surface area contributed by atoms with Crippen LogP contribution < -0.4 is 14.8 Å². The Morgan fingerprint density at radius 1 is 1.05 bits per heavy atom. The lowest BCUT2D eigenvalue weighted by Gasteiger charge is -2.13. The van der Waals surface area contributed by atoms with Gasteiger partial charge in [0, 0.05) is 6.54 Å². The Kier molecular flexibility index (Phi) is 5.42. The van der Waals surface area contributed by atoms with E-state index in [9.17, 15) is 4.79 Å². The van der Waals surface area contributed by atoms with Gasteiger partial charge >= 0.3 is 0 Å². The van der Waals surface area contributed by atoms with Crippen LogP contribution in [-0.2, 0) is 17.8 Å². The first-order valence-corrected chi connectivity index (χ1v) is 7.16. The predicted molar refractivity (Wildman–Crippen MR) is 86.3 cm³/mol. The number of rotatable bonds is 6. The number of hydrogen-bond donors (Lipinski definition) is 1. The van der Waals surface area contributed by atoms with E-state index in [4.69, 9.17) is 9.47 Å². The lowest BCUT2D eigenvalue weighted by molar-refractivity contribution is -0.120. The first-order chi connectivity index (χ1) is 10.6. The molecule has 4 heteroatoms. The SMILES string of the molecule is COc1cc(C)c(CNC(=O)Cc2ccccc2)cc1OC. The summed E-state index contributed by atoms with van der Waals surface area (Å²) in [7, 11) is 3.21. The highest BCUT2D eigenvalue weighted by Crippen LogP contribution is 2.30. The van der Waals surface area contributed by atoms with Crippen LogP contribution in [0.3, 0.4) is 0 Å². The Bertz CT molecular complexity index is 638. The van der Waals surface area contributed by atoms with E-state index in [1.165, 1.54) is 0 Å². The van der Waals surface area contributed by atoms with E-state index in [-0.39, 0.29) is 5.91 Å². The maximum absolute atomic E-state index is 12.0. The number of amides is 1. The summed E-state index contributed by atoms with van der Waals surface area (Å²) in [6, 6.07) is 13.5. The number of carbonyl (C=O) groups excluding carboxylic acids is 1. The van der Waals surface area contributed by atoms with Crippen LogP contribution in [0.15, 0.2) is 42.5 Å². The van der Waals surface area contributed by atoms with Gasteiger partial charge in [-0.2, -0.15) is 0 Å². The fourth-order valence-corrected chi connectivity index (χ4v) is 2.25. The second-order valence-electron chi connectivity index (χ2n) is 5.07. The van der Waals surface area contributed by atoms with E-state index < -0.39 is 0 Å². The zero-order valence-electron chi connectivity index (χ0n) is 13.2. The van der Waals surface area contributed by atoms with E-state index in [1.807, 2.05) is 49.4 Å². The van der Waals surface area contributed by atoms with Gasteiger partial charge in [0.05, 0.1) is 20.6 Å². The molecule has 0 radical (unpaired) electrons. The van der Waals surface area contributed by atoms with Crippen LogP contribution >= 0.6 is 0 Å². The average Bonchev–Trinajstić information content (AvgIpc) is 2.54. The van der Waals surface area contributed by atoms with Crippen molar-refractivity contribution in [3.63, 3.8) is 0 Å². The van der Waals surface area contributed by atoms with Crippen molar-refractivity contribution in [2.45, 2.75) is 19.9 Å². The summed E-state index contributed by atoms with van der Waals surface area (Å²) in [5, 5.41) is 2.94. The molecule has 0 aromatic heterocycles. The summed E-state index contributed by atoms with van der Waals surface area (Å²) in [6.07, 6.45) is 0.382. The molecule has 0 aliphatic rings. The van der Waals surface area contributed by atoms with Gasteiger partial charge in [0.25, 0.3) is 0 Å². The van der Waals surface area contributed by atoms with Gasteiger partial charge in [-0.3, -0.25) is 4.79 Å². The van der Waals surface area contributed by atoms with Crippen molar-refractivity contribution in [2.24, 2.45) is 0 Å². The van der Waals surface area contributed by atoms with E-state index in [2.05, 4.69) is 5.32 Å². The van der Waals surface area contributed by atoms with E-state index in [0.29, 0.717) is 24.5 Å². The quantitative estimate of drug-likeness (QED) is 0.892. The van der Waals surface area contributed by atoms with Crippen LogP contribution in [0.4, 0.5) is 0 Å². The number of ether oxygens (including phenoxy) is 2. The maximum Gasteiger partial charge on any atom is 0.224 e. The molecule has 2 rings (SSSR count). The van der Waals surface area contributed by atoms with Crippen molar-refractivity contribution >= 4 is 5.91 Å². The lowest BCUT2D eigenvalue weighted by atomic mass is 10.1. The summed E-state index contributed by atoms with van der Waals surface area (Å²) in [5.41, 5.74) is 3.07. The van der Waals surface area contributed by atoms with Crippen molar-refractivity contribution in [1.29, 1.82) is 0 Å². The summed E-state index contributed by atoms with van der Waals surface area (Å²) in [4.78, 5) is 12.0. The average molecular weight is 299 g/mol. The Morgan fingerprint density at radius 3 is 2.32 bits per heavy atom. The van der Waals surface area contributed by atoms with Crippen molar-refractivity contribution in [3.8, 4) is 11.5 Å². The van der Waals surface area contributed by atoms with Crippen LogP contribution in [0.25, 0.3) is 0 Å². The van der Waals surface area contributed by atoms with Gasteiger partial charge in [-0.1, -0.05) is 30.3 Å². The zero-order chi connectivity index (χ0) is 15.9. The normalized spacial score (nSPS) is 10.1. The first-order valence-electron chi connectivity index (χ1n) is 7.16. The molecule has 1 amide bonds. The minimum Gasteiger partial charge on any atom is -0.493 e. The van der Waals surface area contributed by atoms with Gasteiger partial charge in [-0.05, 0) is 35.7 Å². The second kappa shape index (κ2) is 7.50. The Labute approximate surface area is 131 Å². The summed E-state index contributed by atoms with van der Waals surface area (Å²) in [5.74, 6) is 1.36. The van der Waals surface area contributed by atoms with Crippen molar-refractivity contribution in [1.82, 2.24) is 5.32 Å². The van der Waals surface area contributed by atoms with Crippen molar-refractivity contribution in [2.75, 3.05) is 14.2 Å². The Morgan fingerprint density at radius 2 is 1.68 bits per heavy atom. The number of nitrogens with one attached hydrogen (secondary N) is 1. The molecule has 0 atom stereocenters.